The number of benzene rings is 1. The third-order valence-corrected chi connectivity index (χ3v) is 3.29. The van der Waals surface area contributed by atoms with Gasteiger partial charge >= 0.3 is 0 Å². The number of anilines is 1. The van der Waals surface area contributed by atoms with Crippen molar-refractivity contribution in [3.63, 3.8) is 0 Å². The minimum Gasteiger partial charge on any atom is -0.398 e. The summed E-state index contributed by atoms with van der Waals surface area (Å²) < 4.78 is 20.5. The van der Waals surface area contributed by atoms with Gasteiger partial charge in [-0.3, -0.25) is 0 Å². The average Bonchev–Trinajstić information content (AvgIpc) is 3.15. The molecule has 0 radical (unpaired) electrons. The zero-order valence-corrected chi connectivity index (χ0v) is 11.0. The molecule has 1 fully saturated rings. The quantitative estimate of drug-likeness (QED) is 0.639. The van der Waals surface area contributed by atoms with Gasteiger partial charge in [0.2, 0.25) is 0 Å². The molecule has 0 aliphatic heterocycles. The van der Waals surface area contributed by atoms with Gasteiger partial charge in [-0.25, -0.2) is 9.07 Å². The molecule has 2 N–H and O–H groups in total. The fourth-order valence-electron chi connectivity index (χ4n) is 1.96. The van der Waals surface area contributed by atoms with E-state index in [0.717, 1.165) is 12.5 Å². The van der Waals surface area contributed by atoms with Crippen LogP contribution in [-0.2, 0) is 11.3 Å². The second-order valence-corrected chi connectivity index (χ2v) is 4.98. The summed E-state index contributed by atoms with van der Waals surface area (Å²) in [6.45, 7) is 1.84. The summed E-state index contributed by atoms with van der Waals surface area (Å²) in [6.07, 6.45) is 2.52. The number of tetrazole rings is 1. The fourth-order valence-corrected chi connectivity index (χ4v) is 1.96. The highest BCUT2D eigenvalue weighted by atomic mass is 19.1. The smallest absolute Gasteiger partial charge is 0.184 e. The van der Waals surface area contributed by atoms with Crippen LogP contribution < -0.4 is 5.73 Å². The second kappa shape index (κ2) is 5.54. The van der Waals surface area contributed by atoms with Crippen LogP contribution >= 0.6 is 0 Å². The maximum Gasteiger partial charge on any atom is 0.184 e. The molecule has 1 aromatic heterocycles. The number of nitrogens with zero attached hydrogens (tertiary/aromatic N) is 4. The Balaban J connectivity index is 1.70. The van der Waals surface area contributed by atoms with Crippen LogP contribution in [0, 0.1) is 11.7 Å². The van der Waals surface area contributed by atoms with Crippen LogP contribution in [0.2, 0.25) is 0 Å². The molecule has 7 heteroatoms. The Morgan fingerprint density at radius 3 is 3.05 bits per heavy atom. The number of halogens is 1. The van der Waals surface area contributed by atoms with Crippen molar-refractivity contribution in [1.29, 1.82) is 0 Å². The molecule has 0 bridgehead atoms. The standard InChI is InChI=1S/C13H16FN5O/c14-10-3-4-12(15)11(7-10)13-16-17-18-19(13)5-6-20-8-9-1-2-9/h3-4,7,9H,1-2,5-6,8,15H2. The van der Waals surface area contributed by atoms with Gasteiger partial charge in [-0.15, -0.1) is 5.10 Å². The predicted octanol–water partition coefficient (Wildman–Crippen LogP) is 1.49. The monoisotopic (exact) mass is 277 g/mol. The minimum absolute atomic E-state index is 0.367. The lowest BCUT2D eigenvalue weighted by Crippen LogP contribution is -2.11. The highest BCUT2D eigenvalue weighted by Gasteiger charge is 2.21. The number of nitrogens with two attached hydrogens (primary N) is 1. The first-order valence-electron chi connectivity index (χ1n) is 6.63. The summed E-state index contributed by atoms with van der Waals surface area (Å²) in [5, 5.41) is 11.4. The van der Waals surface area contributed by atoms with Crippen molar-refractivity contribution in [3.05, 3.63) is 24.0 Å². The summed E-state index contributed by atoms with van der Waals surface area (Å²) in [5.74, 6) is 0.813. The first-order chi connectivity index (χ1) is 9.74. The van der Waals surface area contributed by atoms with Crippen LogP contribution in [0.1, 0.15) is 12.8 Å². The van der Waals surface area contributed by atoms with E-state index in [-0.39, 0.29) is 5.82 Å². The van der Waals surface area contributed by atoms with E-state index in [0.29, 0.717) is 30.2 Å². The van der Waals surface area contributed by atoms with Gasteiger partial charge < -0.3 is 10.5 Å². The van der Waals surface area contributed by atoms with Gasteiger partial charge in [0.1, 0.15) is 5.82 Å². The van der Waals surface area contributed by atoms with Crippen molar-refractivity contribution >= 4 is 5.69 Å². The van der Waals surface area contributed by atoms with Crippen molar-refractivity contribution in [3.8, 4) is 11.4 Å². The molecule has 0 amide bonds. The Bertz CT molecular complexity index is 596. The van der Waals surface area contributed by atoms with E-state index in [1.54, 1.807) is 4.68 Å². The topological polar surface area (TPSA) is 78.9 Å². The van der Waals surface area contributed by atoms with Gasteiger partial charge in [-0.1, -0.05) is 0 Å². The number of rotatable bonds is 6. The largest absolute Gasteiger partial charge is 0.398 e. The van der Waals surface area contributed by atoms with E-state index in [4.69, 9.17) is 10.5 Å². The molecule has 1 aromatic carbocycles. The van der Waals surface area contributed by atoms with E-state index in [2.05, 4.69) is 15.5 Å². The number of nitrogen functional groups attached to an aromatic ring is 1. The number of hydrogen-bond donors (Lipinski definition) is 1. The van der Waals surface area contributed by atoms with Crippen LogP contribution in [0.5, 0.6) is 0 Å². The molecule has 0 unspecified atom stereocenters. The van der Waals surface area contributed by atoms with Crippen LogP contribution in [0.3, 0.4) is 0 Å². The van der Waals surface area contributed by atoms with Gasteiger partial charge in [0.25, 0.3) is 0 Å². The third kappa shape index (κ3) is 2.93. The van der Waals surface area contributed by atoms with Gasteiger partial charge in [-0.2, -0.15) is 0 Å². The Hall–Kier alpha value is -2.02. The highest BCUT2D eigenvalue weighted by Crippen LogP contribution is 2.28. The fraction of sp³-hybridized carbons (Fsp3) is 0.462. The van der Waals surface area contributed by atoms with E-state index >= 15 is 0 Å². The molecule has 0 saturated heterocycles. The Kier molecular flexibility index (Phi) is 3.60. The average molecular weight is 277 g/mol. The number of aromatic nitrogens is 4. The summed E-state index contributed by atoms with van der Waals surface area (Å²) in [5.41, 5.74) is 6.79. The van der Waals surface area contributed by atoms with Gasteiger partial charge in [0, 0.05) is 17.9 Å². The van der Waals surface area contributed by atoms with Crippen LogP contribution in [0.15, 0.2) is 18.2 Å². The first-order valence-corrected chi connectivity index (χ1v) is 6.63. The van der Waals surface area contributed by atoms with Crippen LogP contribution in [-0.4, -0.2) is 33.4 Å². The third-order valence-electron chi connectivity index (χ3n) is 3.29. The molecule has 20 heavy (non-hydrogen) atoms. The lowest BCUT2D eigenvalue weighted by atomic mass is 10.1. The highest BCUT2D eigenvalue weighted by molar-refractivity contribution is 5.71. The molecule has 3 rings (SSSR count). The first kappa shape index (κ1) is 13.0. The molecule has 1 aliphatic rings. The van der Waals surface area contributed by atoms with Gasteiger partial charge in [-0.05, 0) is 47.4 Å². The summed E-state index contributed by atoms with van der Waals surface area (Å²) in [4.78, 5) is 0. The molecule has 1 aliphatic carbocycles. The Labute approximate surface area is 115 Å². The summed E-state index contributed by atoms with van der Waals surface area (Å²) in [7, 11) is 0. The molecular weight excluding hydrogens is 261 g/mol. The maximum absolute atomic E-state index is 13.3. The van der Waals surface area contributed by atoms with Crippen molar-refractivity contribution in [1.82, 2.24) is 20.2 Å². The van der Waals surface area contributed by atoms with Crippen molar-refractivity contribution in [2.75, 3.05) is 18.9 Å². The molecular formula is C13H16FN5O. The molecule has 6 nitrogen and oxygen atoms in total. The zero-order valence-electron chi connectivity index (χ0n) is 11.0. The van der Waals surface area contributed by atoms with E-state index in [9.17, 15) is 4.39 Å². The van der Waals surface area contributed by atoms with Gasteiger partial charge in [0.05, 0.1) is 13.2 Å². The Morgan fingerprint density at radius 2 is 2.25 bits per heavy atom. The molecule has 1 heterocycles. The van der Waals surface area contributed by atoms with Crippen LogP contribution in [0.25, 0.3) is 11.4 Å². The Morgan fingerprint density at radius 1 is 1.40 bits per heavy atom. The maximum atomic E-state index is 13.3. The van der Waals surface area contributed by atoms with Gasteiger partial charge in [0.15, 0.2) is 5.82 Å². The summed E-state index contributed by atoms with van der Waals surface area (Å²) in [6, 6.07) is 4.15. The summed E-state index contributed by atoms with van der Waals surface area (Å²) >= 11 is 0. The van der Waals surface area contributed by atoms with Crippen molar-refractivity contribution < 1.29 is 9.13 Å². The predicted molar refractivity (Wildman–Crippen MR) is 71.2 cm³/mol. The number of hydrogen-bond acceptors (Lipinski definition) is 5. The molecule has 106 valence electrons. The lowest BCUT2D eigenvalue weighted by molar-refractivity contribution is 0.114. The molecule has 0 atom stereocenters. The number of ether oxygens (including phenoxy) is 1. The molecule has 0 spiro atoms. The van der Waals surface area contributed by atoms with Crippen LogP contribution in [0.4, 0.5) is 10.1 Å². The molecule has 1 saturated carbocycles. The van der Waals surface area contributed by atoms with Crippen molar-refractivity contribution in [2.24, 2.45) is 5.92 Å². The zero-order chi connectivity index (χ0) is 13.9. The minimum atomic E-state index is -0.367. The van der Waals surface area contributed by atoms with E-state index < -0.39 is 0 Å². The van der Waals surface area contributed by atoms with E-state index in [1.807, 2.05) is 0 Å². The molecule has 2 aromatic rings. The van der Waals surface area contributed by atoms with Crippen molar-refractivity contribution in [2.45, 2.75) is 19.4 Å². The normalized spacial score (nSPS) is 14.7. The SMILES string of the molecule is Nc1ccc(F)cc1-c1nnnn1CCOCC1CC1. The lowest BCUT2D eigenvalue weighted by Gasteiger charge is -2.07. The van der Waals surface area contributed by atoms with E-state index in [1.165, 1.54) is 31.0 Å². The second-order valence-electron chi connectivity index (χ2n) is 4.98.